The summed E-state index contributed by atoms with van der Waals surface area (Å²) in [4.78, 5) is 18.2. The van der Waals surface area contributed by atoms with Crippen molar-refractivity contribution in [3.8, 4) is 11.5 Å². The molecular formula is C39H49N4O8P. The third-order valence-electron chi connectivity index (χ3n) is 9.05. The van der Waals surface area contributed by atoms with E-state index in [0.29, 0.717) is 22.9 Å². The monoisotopic (exact) mass is 732 g/mol. The summed E-state index contributed by atoms with van der Waals surface area (Å²) in [7, 11) is -1.83. The van der Waals surface area contributed by atoms with Crippen LogP contribution in [-0.2, 0) is 39.5 Å². The summed E-state index contributed by atoms with van der Waals surface area (Å²) < 4.78 is 34.7. The van der Waals surface area contributed by atoms with Gasteiger partial charge in [0.1, 0.15) is 23.7 Å². The molecule has 1 aliphatic rings. The molecule has 52 heavy (non-hydrogen) atoms. The summed E-state index contributed by atoms with van der Waals surface area (Å²) in [5.41, 5.74) is 16.6. The highest BCUT2D eigenvalue weighted by Crippen LogP contribution is 2.48. The molecular weight excluding hydrogens is 683 g/mol. The molecule has 1 heterocycles. The molecule has 0 saturated carbocycles. The van der Waals surface area contributed by atoms with Crippen LogP contribution in [0.1, 0.15) is 36.1 Å². The molecule has 12 nitrogen and oxygen atoms in total. The quantitative estimate of drug-likeness (QED) is 0.0811. The second-order valence-corrected chi connectivity index (χ2v) is 14.8. The average Bonchev–Trinajstić information content (AvgIpc) is 3.19. The molecule has 0 bridgehead atoms. The van der Waals surface area contributed by atoms with Crippen molar-refractivity contribution in [2.45, 2.75) is 64.1 Å². The number of nitrogens with zero attached hydrogens (tertiary/aromatic N) is 2. The van der Waals surface area contributed by atoms with Gasteiger partial charge in [-0.3, -0.25) is 4.57 Å². The number of nitrogens with two attached hydrogens (primary N) is 2. The number of urea groups is 1. The number of hydrogen-bond acceptors (Lipinski definition) is 10. The largest absolute Gasteiger partial charge is 0.497 e. The number of aliphatic hydroxyl groups is 2. The number of carbonyl (C=O) groups is 1. The molecule has 13 heteroatoms. The topological polar surface area (TPSA) is 170 Å². The Morgan fingerprint density at radius 3 is 1.52 bits per heavy atom. The number of ether oxygens (including phenoxy) is 2. The van der Waals surface area contributed by atoms with Crippen LogP contribution in [0.15, 0.2) is 97.1 Å². The Balaban J connectivity index is 1.50. The fourth-order valence-corrected chi connectivity index (χ4v) is 7.82. The van der Waals surface area contributed by atoms with E-state index in [-0.39, 0.29) is 51.5 Å². The summed E-state index contributed by atoms with van der Waals surface area (Å²) in [6.07, 6.45) is -2.42. The summed E-state index contributed by atoms with van der Waals surface area (Å²) in [5.74, 6) is 1.13. The number of hydrogen-bond donors (Lipinski definition) is 4. The van der Waals surface area contributed by atoms with Crippen molar-refractivity contribution >= 4 is 25.0 Å². The lowest BCUT2D eigenvalue weighted by atomic mass is 9.90. The second kappa shape index (κ2) is 17.8. The molecule has 0 aromatic heterocycles. The number of methoxy groups -OCH3 is 1. The van der Waals surface area contributed by atoms with Crippen LogP contribution in [-0.4, -0.2) is 77.0 Å². The van der Waals surface area contributed by atoms with Gasteiger partial charge in [0.05, 0.1) is 32.4 Å². The Morgan fingerprint density at radius 2 is 1.12 bits per heavy atom. The highest BCUT2D eigenvalue weighted by molar-refractivity contribution is 7.53. The first-order valence-electron chi connectivity index (χ1n) is 17.4. The van der Waals surface area contributed by atoms with Crippen LogP contribution in [0.3, 0.4) is 0 Å². The Morgan fingerprint density at radius 1 is 0.673 bits per heavy atom. The van der Waals surface area contributed by atoms with Crippen molar-refractivity contribution in [1.29, 1.82) is 0 Å². The molecule has 0 unspecified atom stereocenters. The van der Waals surface area contributed by atoms with E-state index in [0.717, 1.165) is 22.3 Å². The third-order valence-corrected chi connectivity index (χ3v) is 10.8. The van der Waals surface area contributed by atoms with Crippen molar-refractivity contribution in [2.75, 3.05) is 38.1 Å². The van der Waals surface area contributed by atoms with Crippen molar-refractivity contribution in [2.24, 2.45) is 0 Å². The van der Waals surface area contributed by atoms with E-state index in [1.165, 1.54) is 0 Å². The van der Waals surface area contributed by atoms with Crippen LogP contribution in [0.25, 0.3) is 0 Å². The minimum Gasteiger partial charge on any atom is -0.497 e. The first kappa shape index (κ1) is 38.6. The van der Waals surface area contributed by atoms with Crippen LogP contribution in [0.4, 0.5) is 16.2 Å². The van der Waals surface area contributed by atoms with Gasteiger partial charge in [0.15, 0.2) is 6.35 Å². The Hall–Kier alpha value is -4.58. The van der Waals surface area contributed by atoms with Crippen molar-refractivity contribution in [3.05, 3.63) is 119 Å². The van der Waals surface area contributed by atoms with Gasteiger partial charge in [-0.25, -0.2) is 4.79 Å². The SMILES string of the molecule is CCOP(=O)(COc1ccc(C[C@@H]2[C@H](O)[C@@H](O)[C@@H](Cc3ccc(OC)cc3)N(Cc3cccc(N)c3)C(=O)N2Cc2cccc(N)c2)cc1)OCC. The van der Waals surface area contributed by atoms with E-state index in [4.69, 9.17) is 30.0 Å². The van der Waals surface area contributed by atoms with Gasteiger partial charge >= 0.3 is 13.6 Å². The lowest BCUT2D eigenvalue weighted by Gasteiger charge is -2.36. The van der Waals surface area contributed by atoms with Crippen molar-refractivity contribution in [1.82, 2.24) is 9.80 Å². The third kappa shape index (κ3) is 9.84. The molecule has 5 rings (SSSR count). The maximum absolute atomic E-state index is 14.9. The summed E-state index contributed by atoms with van der Waals surface area (Å²) in [6, 6.07) is 27.1. The predicted octanol–water partition coefficient (Wildman–Crippen LogP) is 5.84. The average molecular weight is 733 g/mol. The number of benzene rings is 4. The molecule has 1 saturated heterocycles. The Kier molecular flexibility index (Phi) is 13.2. The van der Waals surface area contributed by atoms with Gasteiger partial charge in [-0.2, -0.15) is 0 Å². The highest BCUT2D eigenvalue weighted by atomic mass is 31.2. The van der Waals surface area contributed by atoms with Crippen LogP contribution in [0, 0.1) is 0 Å². The minimum absolute atomic E-state index is 0.131. The van der Waals surface area contributed by atoms with E-state index < -0.39 is 31.9 Å². The Labute approximate surface area is 305 Å². The van der Waals surface area contributed by atoms with Crippen LogP contribution in [0.5, 0.6) is 11.5 Å². The molecule has 0 spiro atoms. The summed E-state index contributed by atoms with van der Waals surface area (Å²) in [5, 5.41) is 24.1. The molecule has 0 aliphatic carbocycles. The van der Waals surface area contributed by atoms with Crippen LogP contribution < -0.4 is 20.9 Å². The highest BCUT2D eigenvalue weighted by Gasteiger charge is 2.46. The van der Waals surface area contributed by atoms with Crippen molar-refractivity contribution in [3.63, 3.8) is 0 Å². The molecule has 278 valence electrons. The smallest absolute Gasteiger partial charge is 0.367 e. The molecule has 6 N–H and O–H groups in total. The molecule has 0 radical (unpaired) electrons. The molecule has 1 aliphatic heterocycles. The van der Waals surface area contributed by atoms with Gasteiger partial charge in [0.25, 0.3) is 0 Å². The first-order valence-corrected chi connectivity index (χ1v) is 19.1. The zero-order valence-electron chi connectivity index (χ0n) is 29.8. The lowest BCUT2D eigenvalue weighted by Crippen LogP contribution is -2.50. The van der Waals surface area contributed by atoms with Gasteiger partial charge in [-0.15, -0.1) is 0 Å². The fraction of sp³-hybridized carbons (Fsp3) is 0.359. The van der Waals surface area contributed by atoms with Gasteiger partial charge in [0, 0.05) is 24.5 Å². The number of carbonyl (C=O) groups excluding carboxylic acids is 1. The molecule has 2 amide bonds. The van der Waals surface area contributed by atoms with Gasteiger partial charge in [-0.1, -0.05) is 48.5 Å². The first-order chi connectivity index (χ1) is 25.0. The zero-order chi connectivity index (χ0) is 37.3. The standard InChI is InChI=1S/C39H49N4O8P/c1-4-50-52(47,51-5-2)26-49-34-18-14-28(15-19-34)23-36-38(45)37(44)35(22-27-12-16-33(48-3)17-13-27)42(24-29-8-6-10-31(40)20-29)39(46)43(36)25-30-9-7-11-32(41)21-30/h6-21,35-38,44-45H,4-5,22-26,40-41H2,1-3H3/t35-,36-,37+,38+/m1/s1. The molecule has 1 fully saturated rings. The van der Waals surface area contributed by atoms with E-state index in [1.54, 1.807) is 67.2 Å². The number of rotatable bonds is 16. The predicted molar refractivity (Wildman–Crippen MR) is 201 cm³/mol. The molecule has 4 atom stereocenters. The van der Waals surface area contributed by atoms with E-state index >= 15 is 0 Å². The van der Waals surface area contributed by atoms with Gasteiger partial charge < -0.3 is 50.0 Å². The maximum Gasteiger partial charge on any atom is 0.367 e. The minimum atomic E-state index is -3.42. The van der Waals surface area contributed by atoms with Gasteiger partial charge in [0.2, 0.25) is 0 Å². The molecule has 4 aromatic rings. The van der Waals surface area contributed by atoms with Gasteiger partial charge in [-0.05, 0) is 97.5 Å². The number of aliphatic hydroxyl groups excluding tert-OH is 2. The number of anilines is 2. The van der Waals surface area contributed by atoms with Crippen LogP contribution >= 0.6 is 7.60 Å². The van der Waals surface area contributed by atoms with Crippen molar-refractivity contribution < 1.29 is 38.1 Å². The fourth-order valence-electron chi connectivity index (χ4n) is 6.51. The second-order valence-electron chi connectivity index (χ2n) is 12.8. The van der Waals surface area contributed by atoms with Crippen LogP contribution in [0.2, 0.25) is 0 Å². The summed E-state index contributed by atoms with van der Waals surface area (Å²) in [6.45, 7) is 4.19. The number of nitrogen functional groups attached to an aromatic ring is 2. The summed E-state index contributed by atoms with van der Waals surface area (Å²) >= 11 is 0. The zero-order valence-corrected chi connectivity index (χ0v) is 30.7. The number of amides is 2. The van der Waals surface area contributed by atoms with E-state index in [2.05, 4.69) is 0 Å². The normalized spacial score (nSPS) is 19.4. The molecule has 4 aromatic carbocycles. The van der Waals surface area contributed by atoms with E-state index in [1.807, 2.05) is 60.7 Å². The van der Waals surface area contributed by atoms with E-state index in [9.17, 15) is 19.6 Å². The maximum atomic E-state index is 14.9. The Bertz CT molecular complexity index is 1800. The lowest BCUT2D eigenvalue weighted by molar-refractivity contribution is -0.0408.